The van der Waals surface area contributed by atoms with Crippen molar-refractivity contribution >= 4 is 17.0 Å². The number of amides is 1. The Bertz CT molecular complexity index is 1240. The van der Waals surface area contributed by atoms with Gasteiger partial charge in [-0.25, -0.2) is 4.98 Å². The summed E-state index contributed by atoms with van der Waals surface area (Å²) >= 11 is 0. The van der Waals surface area contributed by atoms with Crippen molar-refractivity contribution in [1.29, 1.82) is 0 Å². The number of fused-ring (bicyclic) bond motifs is 1. The monoisotopic (exact) mass is 401 g/mol. The number of likely N-dealkylation sites (tertiary alicyclic amines) is 1. The fourth-order valence-corrected chi connectivity index (χ4v) is 4.47. The minimum absolute atomic E-state index is 0.0147. The lowest BCUT2D eigenvalue weighted by atomic mass is 10.0. The first-order chi connectivity index (χ1) is 14.5. The van der Waals surface area contributed by atoms with E-state index in [2.05, 4.69) is 22.3 Å². The zero-order chi connectivity index (χ0) is 20.8. The van der Waals surface area contributed by atoms with Crippen molar-refractivity contribution in [2.45, 2.75) is 39.7 Å². The molecule has 5 rings (SSSR count). The molecule has 152 valence electrons. The van der Waals surface area contributed by atoms with E-state index in [-0.39, 0.29) is 11.9 Å². The van der Waals surface area contributed by atoms with Gasteiger partial charge in [0.15, 0.2) is 0 Å². The number of aryl methyl sites for hydroxylation is 3. The Kier molecular flexibility index (Phi) is 4.42. The van der Waals surface area contributed by atoms with E-state index < -0.39 is 0 Å². The maximum Gasteiger partial charge on any atom is 0.259 e. The minimum atomic E-state index is -0.0147. The normalized spacial score (nSPS) is 16.5. The second kappa shape index (κ2) is 7.13. The number of pyridine rings is 1. The van der Waals surface area contributed by atoms with Gasteiger partial charge in [0.05, 0.1) is 28.4 Å². The Morgan fingerprint density at radius 3 is 2.67 bits per heavy atom. The van der Waals surface area contributed by atoms with E-state index in [0.29, 0.717) is 28.1 Å². The van der Waals surface area contributed by atoms with Gasteiger partial charge in [0.25, 0.3) is 11.6 Å². The molecule has 0 saturated carbocycles. The van der Waals surface area contributed by atoms with Crippen LogP contribution in [0, 0.1) is 20.8 Å². The molecule has 1 aliphatic rings. The lowest BCUT2D eigenvalue weighted by Gasteiger charge is -2.25. The van der Waals surface area contributed by atoms with Gasteiger partial charge in [-0.1, -0.05) is 35.5 Å². The zero-order valence-electron chi connectivity index (χ0n) is 17.3. The molecule has 1 amide bonds. The Morgan fingerprint density at radius 2 is 1.93 bits per heavy atom. The number of aromatic nitrogens is 2. The van der Waals surface area contributed by atoms with E-state index >= 15 is 0 Å². The van der Waals surface area contributed by atoms with Crippen molar-refractivity contribution in [2.75, 3.05) is 6.54 Å². The van der Waals surface area contributed by atoms with Gasteiger partial charge in [-0.3, -0.25) is 4.79 Å². The van der Waals surface area contributed by atoms with Crippen LogP contribution in [0.5, 0.6) is 0 Å². The summed E-state index contributed by atoms with van der Waals surface area (Å²) in [6, 6.07) is 14.1. The number of furan rings is 1. The third kappa shape index (κ3) is 3.00. The second-order valence-corrected chi connectivity index (χ2v) is 7.90. The van der Waals surface area contributed by atoms with Crippen molar-refractivity contribution in [3.63, 3.8) is 0 Å². The first-order valence-corrected chi connectivity index (χ1v) is 10.2. The molecule has 6 nitrogen and oxygen atoms in total. The topological polar surface area (TPSA) is 72.4 Å². The van der Waals surface area contributed by atoms with Gasteiger partial charge in [0, 0.05) is 12.1 Å². The molecule has 3 aromatic heterocycles. The molecule has 4 aromatic rings. The summed E-state index contributed by atoms with van der Waals surface area (Å²) in [5.41, 5.74) is 4.31. The standard InChI is InChI=1S/C24H23N3O3/c1-14-12-18(16(3)29-14)20-13-19(22-15(2)26-30-23(22)25-20)24(28)27-11-7-10-21(27)17-8-5-4-6-9-17/h4-6,8-9,12-13,21H,7,10-11H2,1-3H3/t21-/m1/s1. The van der Waals surface area contributed by atoms with Crippen LogP contribution < -0.4 is 0 Å². The molecule has 0 bridgehead atoms. The SMILES string of the molecule is Cc1cc(-c2cc(C(=O)N3CCC[C@@H]3c3ccccc3)c3c(C)noc3n2)c(C)o1. The Balaban J connectivity index is 1.63. The van der Waals surface area contributed by atoms with E-state index in [1.54, 1.807) is 0 Å². The molecule has 0 radical (unpaired) electrons. The third-order valence-electron chi connectivity index (χ3n) is 5.86. The van der Waals surface area contributed by atoms with Crippen LogP contribution in [0.4, 0.5) is 0 Å². The molecule has 1 aliphatic heterocycles. The van der Waals surface area contributed by atoms with Gasteiger partial charge in [0.1, 0.15) is 11.5 Å². The molecule has 30 heavy (non-hydrogen) atoms. The average Bonchev–Trinajstić information content (AvgIpc) is 3.46. The molecule has 4 heterocycles. The minimum Gasteiger partial charge on any atom is -0.466 e. The molecular formula is C24H23N3O3. The third-order valence-corrected chi connectivity index (χ3v) is 5.86. The first-order valence-electron chi connectivity index (χ1n) is 10.2. The van der Waals surface area contributed by atoms with Crippen LogP contribution in [0.25, 0.3) is 22.4 Å². The van der Waals surface area contributed by atoms with Crippen LogP contribution in [-0.2, 0) is 0 Å². The van der Waals surface area contributed by atoms with Crippen molar-refractivity contribution < 1.29 is 13.7 Å². The summed E-state index contributed by atoms with van der Waals surface area (Å²) in [4.78, 5) is 20.4. The maximum absolute atomic E-state index is 13.8. The number of carbonyl (C=O) groups excluding carboxylic acids is 1. The van der Waals surface area contributed by atoms with E-state index in [4.69, 9.17) is 8.94 Å². The van der Waals surface area contributed by atoms with Crippen LogP contribution >= 0.6 is 0 Å². The summed E-state index contributed by atoms with van der Waals surface area (Å²) in [6.45, 7) is 6.36. The molecule has 1 atom stereocenters. The maximum atomic E-state index is 13.8. The Morgan fingerprint density at radius 1 is 1.13 bits per heavy atom. The van der Waals surface area contributed by atoms with Crippen molar-refractivity contribution in [3.05, 3.63) is 70.8 Å². The van der Waals surface area contributed by atoms with Gasteiger partial charge < -0.3 is 13.8 Å². The van der Waals surface area contributed by atoms with Gasteiger partial charge in [-0.05, 0) is 51.3 Å². The number of hydrogen-bond acceptors (Lipinski definition) is 5. The second-order valence-electron chi connectivity index (χ2n) is 7.90. The predicted octanol–water partition coefficient (Wildman–Crippen LogP) is 5.39. The highest BCUT2D eigenvalue weighted by Gasteiger charge is 2.32. The van der Waals surface area contributed by atoms with Gasteiger partial charge in [-0.15, -0.1) is 0 Å². The highest BCUT2D eigenvalue weighted by molar-refractivity contribution is 6.07. The molecular weight excluding hydrogens is 378 g/mol. The van der Waals surface area contributed by atoms with Crippen molar-refractivity contribution in [1.82, 2.24) is 15.0 Å². The summed E-state index contributed by atoms with van der Waals surface area (Å²) in [6.07, 6.45) is 1.94. The number of nitrogens with zero attached hydrogens (tertiary/aromatic N) is 3. The number of hydrogen-bond donors (Lipinski definition) is 0. The van der Waals surface area contributed by atoms with Gasteiger partial charge >= 0.3 is 0 Å². The Labute approximate surface area is 174 Å². The van der Waals surface area contributed by atoms with Crippen LogP contribution in [0.15, 0.2) is 51.4 Å². The summed E-state index contributed by atoms with van der Waals surface area (Å²) in [7, 11) is 0. The van der Waals surface area contributed by atoms with E-state index in [1.165, 1.54) is 0 Å². The summed E-state index contributed by atoms with van der Waals surface area (Å²) in [5, 5.41) is 4.75. The van der Waals surface area contributed by atoms with Crippen LogP contribution in [-0.4, -0.2) is 27.5 Å². The largest absolute Gasteiger partial charge is 0.466 e. The van der Waals surface area contributed by atoms with Gasteiger partial charge in [-0.2, -0.15) is 0 Å². The highest BCUT2D eigenvalue weighted by Crippen LogP contribution is 2.36. The molecule has 1 saturated heterocycles. The molecule has 1 fully saturated rings. The lowest BCUT2D eigenvalue weighted by Crippen LogP contribution is -2.30. The molecule has 0 unspecified atom stereocenters. The van der Waals surface area contributed by atoms with Crippen LogP contribution in [0.2, 0.25) is 0 Å². The number of carbonyl (C=O) groups is 1. The fraction of sp³-hybridized carbons (Fsp3) is 0.292. The van der Waals surface area contributed by atoms with E-state index in [9.17, 15) is 4.79 Å². The van der Waals surface area contributed by atoms with E-state index in [1.807, 2.05) is 56.0 Å². The van der Waals surface area contributed by atoms with Crippen molar-refractivity contribution in [3.8, 4) is 11.3 Å². The molecule has 1 aromatic carbocycles. The van der Waals surface area contributed by atoms with Crippen LogP contribution in [0.3, 0.4) is 0 Å². The highest BCUT2D eigenvalue weighted by atomic mass is 16.5. The average molecular weight is 401 g/mol. The molecule has 6 heteroatoms. The quantitative estimate of drug-likeness (QED) is 0.460. The molecule has 0 N–H and O–H groups in total. The van der Waals surface area contributed by atoms with E-state index in [0.717, 1.165) is 42.0 Å². The smallest absolute Gasteiger partial charge is 0.259 e. The summed E-state index contributed by atoms with van der Waals surface area (Å²) < 4.78 is 11.1. The number of benzene rings is 1. The van der Waals surface area contributed by atoms with Crippen LogP contribution in [0.1, 0.15) is 52.0 Å². The molecule has 0 aliphatic carbocycles. The fourth-order valence-electron chi connectivity index (χ4n) is 4.47. The predicted molar refractivity (Wildman–Crippen MR) is 113 cm³/mol. The summed E-state index contributed by atoms with van der Waals surface area (Å²) in [5.74, 6) is 1.55. The lowest BCUT2D eigenvalue weighted by molar-refractivity contribution is 0.0737. The Hall–Kier alpha value is -3.41. The number of rotatable bonds is 3. The van der Waals surface area contributed by atoms with Crippen molar-refractivity contribution in [2.24, 2.45) is 0 Å². The zero-order valence-corrected chi connectivity index (χ0v) is 17.3. The van der Waals surface area contributed by atoms with Gasteiger partial charge in [0.2, 0.25) is 0 Å². The molecule has 0 spiro atoms. The first kappa shape index (κ1) is 18.6.